The van der Waals surface area contributed by atoms with Gasteiger partial charge in [-0.3, -0.25) is 9.78 Å². The van der Waals surface area contributed by atoms with Crippen molar-refractivity contribution in [2.75, 3.05) is 18.8 Å². The first-order valence-corrected chi connectivity index (χ1v) is 9.78. The van der Waals surface area contributed by atoms with Crippen LogP contribution >= 0.6 is 11.3 Å². The van der Waals surface area contributed by atoms with Gasteiger partial charge in [0.1, 0.15) is 0 Å². The van der Waals surface area contributed by atoms with Crippen LogP contribution < -0.4 is 5.73 Å². The summed E-state index contributed by atoms with van der Waals surface area (Å²) in [5.41, 5.74) is 7.37. The van der Waals surface area contributed by atoms with Crippen molar-refractivity contribution in [3.05, 3.63) is 41.4 Å². The van der Waals surface area contributed by atoms with Crippen molar-refractivity contribution in [3.63, 3.8) is 0 Å². The minimum atomic E-state index is 0.158. The van der Waals surface area contributed by atoms with Crippen LogP contribution in [-0.2, 0) is 11.2 Å². The van der Waals surface area contributed by atoms with Crippen molar-refractivity contribution < 1.29 is 9.32 Å². The average molecular weight is 384 g/mol. The number of nitrogen functional groups attached to an aromatic ring is 1. The lowest BCUT2D eigenvalue weighted by Gasteiger charge is -2.30. The summed E-state index contributed by atoms with van der Waals surface area (Å²) in [6.45, 7) is 1.42. The molecule has 1 amide bonds. The summed E-state index contributed by atoms with van der Waals surface area (Å²) >= 11 is 1.41. The van der Waals surface area contributed by atoms with Gasteiger partial charge in [-0.25, -0.2) is 4.98 Å². The summed E-state index contributed by atoms with van der Waals surface area (Å²) < 4.78 is 5.38. The Morgan fingerprint density at radius 2 is 2.04 bits per heavy atom. The fourth-order valence-electron chi connectivity index (χ4n) is 3.23. The number of carbonyl (C=O) groups is 1. The summed E-state index contributed by atoms with van der Waals surface area (Å²) in [4.78, 5) is 27.1. The van der Waals surface area contributed by atoms with Crippen molar-refractivity contribution in [1.82, 2.24) is 25.0 Å². The Hall–Kier alpha value is -2.81. The molecule has 0 spiro atoms. The van der Waals surface area contributed by atoms with Gasteiger partial charge in [-0.05, 0) is 31.4 Å². The van der Waals surface area contributed by atoms with E-state index in [1.165, 1.54) is 11.3 Å². The van der Waals surface area contributed by atoms with Crippen LogP contribution in [0.2, 0.25) is 0 Å². The normalized spacial score (nSPS) is 15.2. The lowest BCUT2D eigenvalue weighted by atomic mass is 9.96. The van der Waals surface area contributed by atoms with Crippen LogP contribution in [0.1, 0.15) is 36.7 Å². The maximum atomic E-state index is 12.4. The minimum Gasteiger partial charge on any atom is -0.375 e. The number of hydrogen-bond donors (Lipinski definition) is 1. The van der Waals surface area contributed by atoms with E-state index in [-0.39, 0.29) is 11.8 Å². The van der Waals surface area contributed by atoms with Crippen LogP contribution in [-0.4, -0.2) is 44.0 Å². The monoisotopic (exact) mass is 384 g/mol. The molecule has 0 atom stereocenters. The summed E-state index contributed by atoms with van der Waals surface area (Å²) in [6.07, 6.45) is 6.16. The molecule has 0 radical (unpaired) electrons. The van der Waals surface area contributed by atoms with E-state index in [1.807, 2.05) is 22.4 Å². The average Bonchev–Trinajstić information content (AvgIpc) is 3.36. The number of aryl methyl sites for hydroxylation is 1. The summed E-state index contributed by atoms with van der Waals surface area (Å²) in [5.74, 6) is 1.60. The van der Waals surface area contributed by atoms with Gasteiger partial charge >= 0.3 is 0 Å². The van der Waals surface area contributed by atoms with E-state index in [9.17, 15) is 4.79 Å². The standard InChI is InChI=1S/C18H20N6O2S/c19-18-21-14(11-27-18)1-2-15(25)24-9-5-12(6-10-24)16-22-17(26-23-16)13-3-7-20-8-4-13/h3-4,7-8,11-12H,1-2,5-6,9-10H2,(H2,19,21). The number of rotatable bonds is 5. The molecule has 8 nitrogen and oxygen atoms in total. The van der Waals surface area contributed by atoms with Crippen LogP contribution in [0.15, 0.2) is 34.4 Å². The van der Waals surface area contributed by atoms with Crippen molar-refractivity contribution in [3.8, 4) is 11.5 Å². The van der Waals surface area contributed by atoms with Gasteiger partial charge in [-0.2, -0.15) is 4.98 Å². The number of nitrogens with zero attached hydrogens (tertiary/aromatic N) is 5. The van der Waals surface area contributed by atoms with Crippen molar-refractivity contribution in [1.29, 1.82) is 0 Å². The van der Waals surface area contributed by atoms with Gasteiger partial charge in [0.05, 0.1) is 5.69 Å². The number of carbonyl (C=O) groups excluding carboxylic acids is 1. The number of hydrogen-bond acceptors (Lipinski definition) is 8. The third-order valence-corrected chi connectivity index (χ3v) is 5.47. The second-order valence-corrected chi connectivity index (χ2v) is 7.42. The van der Waals surface area contributed by atoms with E-state index in [0.29, 0.717) is 42.8 Å². The lowest BCUT2D eigenvalue weighted by Crippen LogP contribution is -2.38. The molecule has 3 aromatic heterocycles. The molecule has 2 N–H and O–H groups in total. The fraction of sp³-hybridized carbons (Fsp3) is 0.389. The van der Waals surface area contributed by atoms with E-state index < -0.39 is 0 Å². The van der Waals surface area contributed by atoms with E-state index in [1.54, 1.807) is 12.4 Å². The van der Waals surface area contributed by atoms with Gasteiger partial charge in [0, 0.05) is 48.8 Å². The molecule has 0 bridgehead atoms. The smallest absolute Gasteiger partial charge is 0.258 e. The van der Waals surface area contributed by atoms with Gasteiger partial charge in [-0.15, -0.1) is 11.3 Å². The first-order valence-electron chi connectivity index (χ1n) is 8.90. The molecule has 0 aromatic carbocycles. The molecule has 9 heteroatoms. The molecule has 0 saturated carbocycles. The molecular weight excluding hydrogens is 364 g/mol. The highest BCUT2D eigenvalue weighted by Gasteiger charge is 2.27. The lowest BCUT2D eigenvalue weighted by molar-refractivity contribution is -0.132. The van der Waals surface area contributed by atoms with Crippen molar-refractivity contribution >= 4 is 22.4 Å². The van der Waals surface area contributed by atoms with Gasteiger partial charge in [0.25, 0.3) is 5.89 Å². The predicted octanol–water partition coefficient (Wildman–Crippen LogP) is 2.51. The van der Waals surface area contributed by atoms with Gasteiger partial charge in [0.15, 0.2) is 11.0 Å². The Labute approximate surface area is 160 Å². The van der Waals surface area contributed by atoms with Crippen molar-refractivity contribution in [2.45, 2.75) is 31.6 Å². The molecule has 0 aliphatic carbocycles. The third-order valence-electron chi connectivity index (χ3n) is 4.75. The maximum absolute atomic E-state index is 12.4. The second-order valence-electron chi connectivity index (χ2n) is 6.53. The highest BCUT2D eigenvalue weighted by Crippen LogP contribution is 2.28. The van der Waals surface area contributed by atoms with Gasteiger partial charge in [-0.1, -0.05) is 5.16 Å². The molecule has 4 heterocycles. The molecule has 1 fully saturated rings. The molecule has 1 saturated heterocycles. The van der Waals surface area contributed by atoms with E-state index in [4.69, 9.17) is 10.3 Å². The molecular formula is C18H20N6O2S. The third kappa shape index (κ3) is 4.13. The van der Waals surface area contributed by atoms with E-state index in [2.05, 4.69) is 20.1 Å². The molecule has 4 rings (SSSR count). The largest absolute Gasteiger partial charge is 0.375 e. The number of aromatic nitrogens is 4. The Morgan fingerprint density at radius 3 is 2.74 bits per heavy atom. The zero-order chi connectivity index (χ0) is 18.6. The number of nitrogens with two attached hydrogens (primary N) is 1. The van der Waals surface area contributed by atoms with Crippen LogP contribution in [0, 0.1) is 0 Å². The molecule has 27 heavy (non-hydrogen) atoms. The number of anilines is 1. The zero-order valence-corrected chi connectivity index (χ0v) is 15.6. The summed E-state index contributed by atoms with van der Waals surface area (Å²) in [7, 11) is 0. The Kier molecular flexibility index (Phi) is 5.10. The summed E-state index contributed by atoms with van der Waals surface area (Å²) in [6, 6.07) is 3.68. The topological polar surface area (TPSA) is 111 Å². The van der Waals surface area contributed by atoms with Gasteiger partial charge < -0.3 is 15.2 Å². The molecule has 1 aliphatic heterocycles. The van der Waals surface area contributed by atoms with Crippen LogP contribution in [0.25, 0.3) is 11.5 Å². The molecule has 0 unspecified atom stereocenters. The highest BCUT2D eigenvalue weighted by atomic mass is 32.1. The summed E-state index contributed by atoms with van der Waals surface area (Å²) in [5, 5.41) is 6.59. The Morgan fingerprint density at radius 1 is 1.26 bits per heavy atom. The maximum Gasteiger partial charge on any atom is 0.258 e. The number of thiazole rings is 1. The predicted molar refractivity (Wildman–Crippen MR) is 101 cm³/mol. The first-order chi connectivity index (χ1) is 13.2. The quantitative estimate of drug-likeness (QED) is 0.719. The number of pyridine rings is 1. The Bertz CT molecular complexity index is 901. The highest BCUT2D eigenvalue weighted by molar-refractivity contribution is 7.13. The van der Waals surface area contributed by atoms with Crippen molar-refractivity contribution in [2.24, 2.45) is 0 Å². The zero-order valence-electron chi connectivity index (χ0n) is 14.7. The molecule has 1 aliphatic rings. The first kappa shape index (κ1) is 17.6. The van der Waals surface area contributed by atoms with E-state index >= 15 is 0 Å². The Balaban J connectivity index is 1.30. The van der Waals surface area contributed by atoms with Gasteiger partial charge in [0.2, 0.25) is 5.91 Å². The molecule has 3 aromatic rings. The van der Waals surface area contributed by atoms with Crippen LogP contribution in [0.4, 0.5) is 5.13 Å². The van der Waals surface area contributed by atoms with Crippen LogP contribution in [0.5, 0.6) is 0 Å². The fourth-order valence-corrected chi connectivity index (χ4v) is 3.83. The number of piperidine rings is 1. The second kappa shape index (κ2) is 7.83. The number of amides is 1. The number of likely N-dealkylation sites (tertiary alicyclic amines) is 1. The minimum absolute atomic E-state index is 0.158. The SMILES string of the molecule is Nc1nc(CCC(=O)N2CCC(c3noc(-c4ccncc4)n3)CC2)cs1. The molecule has 140 valence electrons. The van der Waals surface area contributed by atoms with Crippen LogP contribution in [0.3, 0.4) is 0 Å². The van der Waals surface area contributed by atoms with E-state index in [0.717, 1.165) is 24.1 Å².